The summed E-state index contributed by atoms with van der Waals surface area (Å²) < 4.78 is 26.5. The number of carbonyl (C=O) groups excluding carboxylic acids is 2. The second kappa shape index (κ2) is 7.01. The number of benzene rings is 2. The number of hydrogen-bond acceptors (Lipinski definition) is 2. The largest absolute Gasteiger partial charge is 0.345 e. The quantitative estimate of drug-likeness (QED) is 0.876. The molecule has 0 spiro atoms. The summed E-state index contributed by atoms with van der Waals surface area (Å²) >= 11 is 0. The lowest BCUT2D eigenvalue weighted by molar-refractivity contribution is -0.123. The van der Waals surface area contributed by atoms with Crippen LogP contribution in [-0.4, -0.2) is 18.4 Å². The fourth-order valence-corrected chi connectivity index (χ4v) is 3.01. The van der Waals surface area contributed by atoms with Crippen LogP contribution in [0.2, 0.25) is 0 Å². The second-order valence-corrected chi connectivity index (χ2v) is 6.16. The molecule has 2 aromatic rings. The molecule has 3 rings (SSSR count). The second-order valence-electron chi connectivity index (χ2n) is 6.16. The molecule has 0 saturated heterocycles. The molecule has 0 heterocycles. The van der Waals surface area contributed by atoms with Gasteiger partial charge < -0.3 is 10.6 Å². The van der Waals surface area contributed by atoms with Crippen LogP contribution in [0.4, 0.5) is 8.78 Å². The van der Waals surface area contributed by atoms with E-state index in [1.807, 2.05) is 30.3 Å². The van der Waals surface area contributed by atoms with Crippen LogP contribution in [0.5, 0.6) is 0 Å². The number of hydrogen-bond donors (Lipinski definition) is 2. The highest BCUT2D eigenvalue weighted by atomic mass is 19.1. The maximum absolute atomic E-state index is 13.6. The highest BCUT2D eigenvalue weighted by molar-refractivity contribution is 5.96. The third-order valence-corrected chi connectivity index (χ3v) is 4.50. The van der Waals surface area contributed by atoms with Crippen LogP contribution in [0.1, 0.15) is 35.2 Å². The number of carbonyl (C=O) groups is 2. The third-order valence-electron chi connectivity index (χ3n) is 4.50. The van der Waals surface area contributed by atoms with E-state index in [1.165, 1.54) is 0 Å². The Bertz CT molecular complexity index is 789. The van der Waals surface area contributed by atoms with Gasteiger partial charge in [-0.3, -0.25) is 9.59 Å². The monoisotopic (exact) mass is 344 g/mol. The molecule has 1 fully saturated rings. The van der Waals surface area contributed by atoms with E-state index in [4.69, 9.17) is 0 Å². The Morgan fingerprint density at radius 1 is 1.04 bits per heavy atom. The van der Waals surface area contributed by atoms with Crippen LogP contribution >= 0.6 is 0 Å². The van der Waals surface area contributed by atoms with Gasteiger partial charge in [0.05, 0.1) is 17.6 Å². The van der Waals surface area contributed by atoms with Gasteiger partial charge in [0.2, 0.25) is 5.91 Å². The van der Waals surface area contributed by atoms with Crippen molar-refractivity contribution in [3.63, 3.8) is 0 Å². The van der Waals surface area contributed by atoms with Gasteiger partial charge in [0.1, 0.15) is 11.6 Å². The molecule has 1 aliphatic rings. The molecule has 1 saturated carbocycles. The molecule has 0 atom stereocenters. The van der Waals surface area contributed by atoms with Gasteiger partial charge in [-0.2, -0.15) is 0 Å². The van der Waals surface area contributed by atoms with Crippen molar-refractivity contribution in [3.8, 4) is 0 Å². The molecule has 25 heavy (non-hydrogen) atoms. The molecule has 2 amide bonds. The van der Waals surface area contributed by atoms with E-state index in [0.29, 0.717) is 6.07 Å². The molecule has 2 aromatic carbocycles. The molecule has 0 unspecified atom stereocenters. The summed E-state index contributed by atoms with van der Waals surface area (Å²) in [5.74, 6) is -2.83. The summed E-state index contributed by atoms with van der Waals surface area (Å²) in [6.07, 6.45) is 2.69. The fraction of sp³-hybridized carbons (Fsp3) is 0.263. The standard InChI is InChI=1S/C19H18F2N2O2/c20-14-7-8-15(16(21)11-14)18(25)22-12-17(24)23-19(9-4-10-19)13-5-2-1-3-6-13/h1-3,5-8,11H,4,9-10,12H2,(H,22,25)(H,23,24). The zero-order chi connectivity index (χ0) is 17.9. The SMILES string of the molecule is O=C(CNC(=O)c1ccc(F)cc1F)NC1(c2ccccc2)CCC1. The number of halogens is 2. The zero-order valence-electron chi connectivity index (χ0n) is 13.5. The first-order valence-electron chi connectivity index (χ1n) is 8.10. The van der Waals surface area contributed by atoms with Crippen molar-refractivity contribution >= 4 is 11.8 Å². The molecule has 0 radical (unpaired) electrons. The lowest BCUT2D eigenvalue weighted by atomic mass is 9.72. The number of amides is 2. The first-order chi connectivity index (χ1) is 12.0. The van der Waals surface area contributed by atoms with Gasteiger partial charge >= 0.3 is 0 Å². The van der Waals surface area contributed by atoms with E-state index in [2.05, 4.69) is 10.6 Å². The molecule has 1 aliphatic carbocycles. The van der Waals surface area contributed by atoms with E-state index in [-0.39, 0.29) is 18.0 Å². The van der Waals surface area contributed by atoms with E-state index >= 15 is 0 Å². The molecule has 0 aliphatic heterocycles. The van der Waals surface area contributed by atoms with Gasteiger partial charge in [0.15, 0.2) is 0 Å². The van der Waals surface area contributed by atoms with E-state index < -0.39 is 23.1 Å². The summed E-state index contributed by atoms with van der Waals surface area (Å²) in [6, 6.07) is 12.4. The van der Waals surface area contributed by atoms with Gasteiger partial charge in [-0.25, -0.2) is 8.78 Å². The maximum atomic E-state index is 13.6. The predicted octanol–water partition coefficient (Wildman–Crippen LogP) is 2.89. The predicted molar refractivity (Wildman–Crippen MR) is 88.8 cm³/mol. The number of rotatable bonds is 5. The van der Waals surface area contributed by atoms with Crippen molar-refractivity contribution in [2.24, 2.45) is 0 Å². The van der Waals surface area contributed by atoms with Gasteiger partial charge in [0.25, 0.3) is 5.91 Å². The van der Waals surface area contributed by atoms with Gasteiger partial charge in [-0.1, -0.05) is 30.3 Å². The average Bonchev–Trinajstić information content (AvgIpc) is 2.57. The summed E-state index contributed by atoms with van der Waals surface area (Å²) in [6.45, 7) is -0.274. The lowest BCUT2D eigenvalue weighted by Crippen LogP contribution is -2.53. The van der Waals surface area contributed by atoms with Crippen LogP contribution < -0.4 is 10.6 Å². The Morgan fingerprint density at radius 3 is 2.36 bits per heavy atom. The molecular weight excluding hydrogens is 326 g/mol. The van der Waals surface area contributed by atoms with Gasteiger partial charge in [-0.05, 0) is 37.0 Å². The third kappa shape index (κ3) is 3.68. The Labute approximate surface area is 144 Å². The Kier molecular flexibility index (Phi) is 4.79. The van der Waals surface area contributed by atoms with Crippen LogP contribution in [0.3, 0.4) is 0 Å². The number of nitrogens with one attached hydrogen (secondary N) is 2. The van der Waals surface area contributed by atoms with Crippen molar-refractivity contribution in [1.82, 2.24) is 10.6 Å². The summed E-state index contributed by atoms with van der Waals surface area (Å²) in [4.78, 5) is 24.2. The topological polar surface area (TPSA) is 58.2 Å². The smallest absolute Gasteiger partial charge is 0.254 e. The molecule has 0 aromatic heterocycles. The molecule has 2 N–H and O–H groups in total. The van der Waals surface area contributed by atoms with E-state index in [1.54, 1.807) is 0 Å². The average molecular weight is 344 g/mol. The minimum absolute atomic E-state index is 0.274. The minimum atomic E-state index is -0.961. The van der Waals surface area contributed by atoms with Crippen LogP contribution in [-0.2, 0) is 10.3 Å². The van der Waals surface area contributed by atoms with Crippen molar-refractivity contribution < 1.29 is 18.4 Å². The normalized spacial score (nSPS) is 15.1. The summed E-state index contributed by atoms with van der Waals surface area (Å²) in [7, 11) is 0. The fourth-order valence-electron chi connectivity index (χ4n) is 3.01. The van der Waals surface area contributed by atoms with Crippen molar-refractivity contribution in [1.29, 1.82) is 0 Å². The van der Waals surface area contributed by atoms with Crippen LogP contribution in [0.25, 0.3) is 0 Å². The molecule has 6 heteroatoms. The van der Waals surface area contributed by atoms with Gasteiger partial charge in [-0.15, -0.1) is 0 Å². The zero-order valence-corrected chi connectivity index (χ0v) is 13.5. The van der Waals surface area contributed by atoms with Crippen molar-refractivity contribution in [3.05, 3.63) is 71.3 Å². The van der Waals surface area contributed by atoms with Gasteiger partial charge in [0, 0.05) is 6.07 Å². The summed E-state index contributed by atoms with van der Waals surface area (Å²) in [5.41, 5.74) is 0.339. The van der Waals surface area contributed by atoms with Crippen LogP contribution in [0.15, 0.2) is 48.5 Å². The molecule has 0 bridgehead atoms. The minimum Gasteiger partial charge on any atom is -0.345 e. The van der Waals surface area contributed by atoms with E-state index in [9.17, 15) is 18.4 Å². The van der Waals surface area contributed by atoms with Crippen molar-refractivity contribution in [2.45, 2.75) is 24.8 Å². The first-order valence-corrected chi connectivity index (χ1v) is 8.10. The summed E-state index contributed by atoms with van der Waals surface area (Å²) in [5, 5.41) is 5.34. The Balaban J connectivity index is 1.60. The lowest BCUT2D eigenvalue weighted by Gasteiger charge is -2.43. The maximum Gasteiger partial charge on any atom is 0.254 e. The van der Waals surface area contributed by atoms with E-state index in [0.717, 1.165) is 37.0 Å². The Hall–Kier alpha value is -2.76. The highest BCUT2D eigenvalue weighted by Crippen LogP contribution is 2.40. The Morgan fingerprint density at radius 2 is 1.76 bits per heavy atom. The highest BCUT2D eigenvalue weighted by Gasteiger charge is 2.39. The molecule has 4 nitrogen and oxygen atoms in total. The first kappa shape index (κ1) is 17.1. The van der Waals surface area contributed by atoms with Crippen LogP contribution in [0, 0.1) is 11.6 Å². The molecular formula is C19H18F2N2O2. The molecule has 130 valence electrons. The van der Waals surface area contributed by atoms with Crippen molar-refractivity contribution in [2.75, 3.05) is 6.54 Å².